The Hall–Kier alpha value is 0.514. The summed E-state index contributed by atoms with van der Waals surface area (Å²) >= 11 is 0. The van der Waals surface area contributed by atoms with Gasteiger partial charge in [-0.25, -0.2) is 0 Å². The first-order valence-electron chi connectivity index (χ1n) is 8.01. The zero-order chi connectivity index (χ0) is 16.8. The Bertz CT molecular complexity index is 476. The summed E-state index contributed by atoms with van der Waals surface area (Å²) in [5.74, 6) is 0. The van der Waals surface area contributed by atoms with Gasteiger partial charge in [-0.15, -0.1) is 0 Å². The average Bonchev–Trinajstić information content (AvgIpc) is 2.43. The van der Waals surface area contributed by atoms with Gasteiger partial charge in [0.2, 0.25) is 0 Å². The van der Waals surface area contributed by atoms with Crippen LogP contribution in [-0.2, 0) is 0 Å². The molecule has 1 aliphatic carbocycles. The van der Waals surface area contributed by atoms with E-state index < -0.39 is 16.1 Å². The molecule has 1 rings (SSSR count). The van der Waals surface area contributed by atoms with Gasteiger partial charge in [0.1, 0.15) is 0 Å². The summed E-state index contributed by atoms with van der Waals surface area (Å²) in [5, 5.41) is 0.285. The molecule has 0 radical (unpaired) electrons. The molecular formula is C17H34P2Si2. The molecule has 0 heterocycles. The number of hydrogen-bond acceptors (Lipinski definition) is 0. The van der Waals surface area contributed by atoms with Crippen LogP contribution in [0.15, 0.2) is 22.3 Å². The molecule has 0 aromatic carbocycles. The maximum atomic E-state index is 2.57. The van der Waals surface area contributed by atoms with Crippen LogP contribution >= 0.6 is 15.7 Å². The van der Waals surface area contributed by atoms with Crippen molar-refractivity contribution in [3.05, 3.63) is 22.3 Å². The SMILES string of the molecule is CC1=C(C)C(C)(P=PC([Si](C)(C)C)[Si](C)(C)C)C(C)=C1C. The monoisotopic (exact) mass is 356 g/mol. The van der Waals surface area contributed by atoms with Crippen LogP contribution in [0.3, 0.4) is 0 Å². The molecule has 0 N–H and O–H groups in total. The summed E-state index contributed by atoms with van der Waals surface area (Å²) in [4.78, 5) is 0.977. The summed E-state index contributed by atoms with van der Waals surface area (Å²) in [6.45, 7) is 27.2. The average molecular weight is 357 g/mol. The van der Waals surface area contributed by atoms with E-state index in [0.717, 1.165) is 4.91 Å². The van der Waals surface area contributed by atoms with Gasteiger partial charge in [0.25, 0.3) is 0 Å². The molecule has 0 aromatic rings. The molecule has 0 saturated heterocycles. The van der Waals surface area contributed by atoms with E-state index in [4.69, 9.17) is 0 Å². The van der Waals surface area contributed by atoms with Crippen molar-refractivity contribution in [2.75, 3.05) is 0 Å². The first kappa shape index (κ1) is 19.6. The highest BCUT2D eigenvalue weighted by atomic mass is 31.7. The van der Waals surface area contributed by atoms with Gasteiger partial charge < -0.3 is 0 Å². The molecule has 0 bridgehead atoms. The lowest BCUT2D eigenvalue weighted by Gasteiger charge is -2.36. The molecule has 1 aliphatic rings. The highest BCUT2D eigenvalue weighted by molar-refractivity contribution is 7.87. The van der Waals surface area contributed by atoms with Gasteiger partial charge in [-0.2, -0.15) is 0 Å². The molecule has 0 aromatic heterocycles. The Morgan fingerprint density at radius 3 is 1.38 bits per heavy atom. The van der Waals surface area contributed by atoms with Gasteiger partial charge in [-0.1, -0.05) is 66.2 Å². The van der Waals surface area contributed by atoms with E-state index in [1.165, 1.54) is 11.1 Å². The van der Waals surface area contributed by atoms with Gasteiger partial charge in [-0.05, 0) is 50.7 Å². The molecule has 0 amide bonds. The first-order chi connectivity index (χ1) is 9.23. The lowest BCUT2D eigenvalue weighted by atomic mass is 9.98. The fourth-order valence-corrected chi connectivity index (χ4v) is 26.9. The number of rotatable bonds is 4. The molecule has 0 unspecified atom stereocenters. The number of allylic oxidation sites excluding steroid dienone is 4. The third-order valence-corrected chi connectivity index (χ3v) is 24.0. The minimum Gasteiger partial charge on any atom is -0.0776 e. The van der Waals surface area contributed by atoms with Gasteiger partial charge >= 0.3 is 0 Å². The van der Waals surface area contributed by atoms with E-state index in [9.17, 15) is 0 Å². The van der Waals surface area contributed by atoms with Crippen LogP contribution in [0.2, 0.25) is 39.3 Å². The van der Waals surface area contributed by atoms with E-state index >= 15 is 0 Å². The van der Waals surface area contributed by atoms with E-state index in [0.29, 0.717) is 0 Å². The lowest BCUT2D eigenvalue weighted by molar-refractivity contribution is 0.875. The molecular weight excluding hydrogens is 322 g/mol. The topological polar surface area (TPSA) is 0 Å². The zero-order valence-corrected chi connectivity index (χ0v) is 19.8. The largest absolute Gasteiger partial charge is 0.0776 e. The molecule has 0 fully saturated rings. The third-order valence-electron chi connectivity index (χ3n) is 5.16. The van der Waals surface area contributed by atoms with E-state index in [2.05, 4.69) is 73.9 Å². The Kier molecular flexibility index (Phi) is 5.77. The molecule has 120 valence electrons. The van der Waals surface area contributed by atoms with Gasteiger partial charge in [0.05, 0.1) is 21.3 Å². The van der Waals surface area contributed by atoms with Crippen LogP contribution in [0.5, 0.6) is 0 Å². The summed E-state index contributed by atoms with van der Waals surface area (Å²) in [7, 11) is 1.11. The van der Waals surface area contributed by atoms with Crippen molar-refractivity contribution in [1.29, 1.82) is 0 Å². The highest BCUT2D eigenvalue weighted by Crippen LogP contribution is 2.53. The van der Waals surface area contributed by atoms with Crippen LogP contribution < -0.4 is 0 Å². The maximum absolute atomic E-state index is 2.57. The van der Waals surface area contributed by atoms with E-state index in [1.54, 1.807) is 26.9 Å². The fraction of sp³-hybridized carbons (Fsp3) is 0.765. The highest BCUT2D eigenvalue weighted by Gasteiger charge is 2.39. The molecule has 0 spiro atoms. The summed E-state index contributed by atoms with van der Waals surface area (Å²) < 4.78 is 0. The van der Waals surface area contributed by atoms with Crippen LogP contribution in [0.25, 0.3) is 0 Å². The van der Waals surface area contributed by atoms with Crippen molar-refractivity contribution in [2.45, 2.75) is 84.0 Å². The van der Waals surface area contributed by atoms with Crippen molar-refractivity contribution in [3.63, 3.8) is 0 Å². The van der Waals surface area contributed by atoms with Crippen LogP contribution in [0, 0.1) is 0 Å². The normalized spacial score (nSPS) is 20.4. The van der Waals surface area contributed by atoms with Crippen molar-refractivity contribution in [3.8, 4) is 0 Å². The summed E-state index contributed by atoms with van der Waals surface area (Å²) in [6.07, 6.45) is 0. The summed E-state index contributed by atoms with van der Waals surface area (Å²) in [5.41, 5.74) is 6.29. The van der Waals surface area contributed by atoms with E-state index in [1.807, 2.05) is 0 Å². The molecule has 0 aliphatic heterocycles. The third kappa shape index (κ3) is 3.89. The Balaban J connectivity index is 3.26. The molecule has 0 nitrogen and oxygen atoms in total. The first-order valence-corrected chi connectivity index (χ1v) is 17.7. The summed E-state index contributed by atoms with van der Waals surface area (Å²) in [6, 6.07) is 0. The van der Waals surface area contributed by atoms with Gasteiger partial charge in [0.15, 0.2) is 0 Å². The lowest BCUT2D eigenvalue weighted by Crippen LogP contribution is -2.50. The standard InChI is InChI=1S/C17H34P2Si2/c1-12-13(2)15(4)17(5,14(12)3)19-18-16(20(6,7)8)21(9,10)11/h16H,1-11H3. The Morgan fingerprint density at radius 2 is 1.10 bits per heavy atom. The van der Waals surface area contributed by atoms with Crippen LogP contribution in [0.4, 0.5) is 0 Å². The fourth-order valence-electron chi connectivity index (χ4n) is 3.54. The van der Waals surface area contributed by atoms with Gasteiger partial charge in [0, 0.05) is 0 Å². The predicted octanol–water partition coefficient (Wildman–Crippen LogP) is 7.36. The Morgan fingerprint density at radius 1 is 0.762 bits per heavy atom. The minimum atomic E-state index is -1.09. The van der Waals surface area contributed by atoms with Crippen LogP contribution in [0.1, 0.15) is 34.6 Å². The number of hydrogen-bond donors (Lipinski definition) is 0. The minimum absolute atomic E-state index is 0.285. The second-order valence-corrected chi connectivity index (χ2v) is 24.2. The molecule has 21 heavy (non-hydrogen) atoms. The van der Waals surface area contributed by atoms with Gasteiger partial charge in [-0.3, -0.25) is 0 Å². The van der Waals surface area contributed by atoms with Crippen LogP contribution in [-0.4, -0.2) is 26.2 Å². The second-order valence-electron chi connectivity index (χ2n) is 8.92. The predicted molar refractivity (Wildman–Crippen MR) is 109 cm³/mol. The zero-order valence-electron chi connectivity index (χ0n) is 16.0. The van der Waals surface area contributed by atoms with E-state index in [-0.39, 0.29) is 5.16 Å². The molecule has 0 atom stereocenters. The second kappa shape index (κ2) is 6.19. The smallest absolute Gasteiger partial charge is 0.0556 e. The maximum Gasteiger partial charge on any atom is 0.0556 e. The molecule has 0 saturated carbocycles. The van der Waals surface area contributed by atoms with Crippen molar-refractivity contribution < 1.29 is 0 Å². The van der Waals surface area contributed by atoms with Crippen molar-refractivity contribution >= 4 is 31.9 Å². The van der Waals surface area contributed by atoms with Crippen molar-refractivity contribution in [2.24, 2.45) is 0 Å². The quantitative estimate of drug-likeness (QED) is 0.364. The Labute approximate surface area is 138 Å². The molecule has 4 heteroatoms. The van der Waals surface area contributed by atoms with Crippen molar-refractivity contribution in [1.82, 2.24) is 0 Å².